The molecule has 0 aliphatic heterocycles. The van der Waals surface area contributed by atoms with Crippen LogP contribution in [0.2, 0.25) is 0 Å². The molecule has 138 valence electrons. The molecule has 0 aliphatic rings. The average Bonchev–Trinajstić information content (AvgIpc) is 3.33. The standard InChI is InChI=1S/C19H12BrN5O2S/c20-11-5-6-16-22-12(7-17(26)25(16)9-11)10-28-19-24-23-18(27-19)14-8-21-15-4-2-1-3-13(14)15/h1-9,21H,10H2. The summed E-state index contributed by atoms with van der Waals surface area (Å²) in [5.74, 6) is 0.911. The number of hydrogen-bond donors (Lipinski definition) is 1. The van der Waals surface area contributed by atoms with Crippen LogP contribution in [0.4, 0.5) is 0 Å². The monoisotopic (exact) mass is 453 g/mol. The van der Waals surface area contributed by atoms with Crippen LogP contribution in [0.5, 0.6) is 0 Å². The van der Waals surface area contributed by atoms with Gasteiger partial charge in [-0.2, -0.15) is 0 Å². The molecule has 4 heterocycles. The Morgan fingerprint density at radius 1 is 1.18 bits per heavy atom. The van der Waals surface area contributed by atoms with Crippen molar-refractivity contribution in [3.8, 4) is 11.5 Å². The van der Waals surface area contributed by atoms with E-state index in [-0.39, 0.29) is 5.56 Å². The van der Waals surface area contributed by atoms with Gasteiger partial charge in [0, 0.05) is 39.6 Å². The number of rotatable bonds is 4. The summed E-state index contributed by atoms with van der Waals surface area (Å²) in [5, 5.41) is 9.71. The zero-order chi connectivity index (χ0) is 19.1. The number of aromatic amines is 1. The second kappa shape index (κ2) is 6.92. The smallest absolute Gasteiger partial charge is 0.277 e. The second-order valence-corrected chi connectivity index (χ2v) is 7.91. The highest BCUT2D eigenvalue weighted by molar-refractivity contribution is 9.10. The van der Waals surface area contributed by atoms with Crippen molar-refractivity contribution >= 4 is 44.2 Å². The van der Waals surface area contributed by atoms with Crippen LogP contribution in [0.3, 0.4) is 0 Å². The molecule has 0 atom stereocenters. The summed E-state index contributed by atoms with van der Waals surface area (Å²) in [6, 6.07) is 13.1. The number of aromatic nitrogens is 5. The van der Waals surface area contributed by atoms with Gasteiger partial charge in [0.05, 0.1) is 11.3 Å². The molecule has 0 spiro atoms. The maximum atomic E-state index is 12.3. The topological polar surface area (TPSA) is 89.1 Å². The van der Waals surface area contributed by atoms with Crippen molar-refractivity contribution in [1.29, 1.82) is 0 Å². The second-order valence-electron chi connectivity index (χ2n) is 6.07. The molecule has 0 saturated heterocycles. The van der Waals surface area contributed by atoms with Crippen LogP contribution in [-0.4, -0.2) is 24.6 Å². The predicted octanol–water partition coefficient (Wildman–Crippen LogP) is 4.28. The molecule has 0 bridgehead atoms. The van der Waals surface area contributed by atoms with Gasteiger partial charge in [-0.1, -0.05) is 30.0 Å². The largest absolute Gasteiger partial charge is 0.411 e. The van der Waals surface area contributed by atoms with E-state index in [1.807, 2.05) is 36.5 Å². The number of H-pyrrole nitrogens is 1. The third kappa shape index (κ3) is 3.12. The number of para-hydroxylation sites is 1. The minimum Gasteiger partial charge on any atom is -0.411 e. The molecular formula is C19H12BrN5O2S. The van der Waals surface area contributed by atoms with E-state index >= 15 is 0 Å². The van der Waals surface area contributed by atoms with Crippen molar-refractivity contribution < 1.29 is 4.42 Å². The number of nitrogens with one attached hydrogen (secondary N) is 1. The summed E-state index contributed by atoms with van der Waals surface area (Å²) in [5.41, 5.74) is 2.99. The highest BCUT2D eigenvalue weighted by atomic mass is 79.9. The fraction of sp³-hybridized carbons (Fsp3) is 0.0526. The van der Waals surface area contributed by atoms with Gasteiger partial charge in [0.1, 0.15) is 5.65 Å². The molecule has 28 heavy (non-hydrogen) atoms. The van der Waals surface area contributed by atoms with E-state index in [1.54, 1.807) is 12.3 Å². The summed E-state index contributed by atoms with van der Waals surface area (Å²) in [6.45, 7) is 0. The van der Waals surface area contributed by atoms with Crippen molar-refractivity contribution in [2.75, 3.05) is 0 Å². The fourth-order valence-electron chi connectivity index (χ4n) is 2.96. The van der Waals surface area contributed by atoms with E-state index < -0.39 is 0 Å². The van der Waals surface area contributed by atoms with Gasteiger partial charge >= 0.3 is 0 Å². The van der Waals surface area contributed by atoms with Crippen LogP contribution < -0.4 is 5.56 Å². The van der Waals surface area contributed by atoms with Crippen LogP contribution in [0, 0.1) is 0 Å². The van der Waals surface area contributed by atoms with E-state index in [2.05, 4.69) is 36.1 Å². The first-order valence-electron chi connectivity index (χ1n) is 8.38. The number of pyridine rings is 1. The van der Waals surface area contributed by atoms with Crippen molar-refractivity contribution in [2.24, 2.45) is 0 Å². The van der Waals surface area contributed by atoms with Gasteiger partial charge < -0.3 is 9.40 Å². The van der Waals surface area contributed by atoms with Crippen molar-refractivity contribution in [1.82, 2.24) is 24.6 Å². The Kier molecular flexibility index (Phi) is 4.25. The lowest BCUT2D eigenvalue weighted by Crippen LogP contribution is -2.15. The fourth-order valence-corrected chi connectivity index (χ4v) is 3.95. The molecule has 0 amide bonds. The van der Waals surface area contributed by atoms with E-state index in [0.717, 1.165) is 20.9 Å². The van der Waals surface area contributed by atoms with Gasteiger partial charge in [-0.25, -0.2) is 4.98 Å². The molecule has 0 saturated carbocycles. The Balaban J connectivity index is 1.39. The van der Waals surface area contributed by atoms with Crippen molar-refractivity contribution in [2.45, 2.75) is 11.0 Å². The minimum absolute atomic E-state index is 0.132. The molecule has 7 nitrogen and oxygen atoms in total. The summed E-state index contributed by atoms with van der Waals surface area (Å²) < 4.78 is 8.12. The van der Waals surface area contributed by atoms with Gasteiger partial charge in [0.2, 0.25) is 0 Å². The number of nitrogens with zero attached hydrogens (tertiary/aromatic N) is 4. The Morgan fingerprint density at radius 2 is 2.07 bits per heavy atom. The normalized spacial score (nSPS) is 11.5. The molecule has 5 aromatic rings. The maximum Gasteiger partial charge on any atom is 0.277 e. The van der Waals surface area contributed by atoms with Gasteiger partial charge in [-0.05, 0) is 34.1 Å². The van der Waals surface area contributed by atoms with E-state index in [9.17, 15) is 4.79 Å². The molecule has 1 N–H and O–H groups in total. The van der Waals surface area contributed by atoms with Crippen LogP contribution in [0.25, 0.3) is 28.0 Å². The molecule has 5 rings (SSSR count). The highest BCUT2D eigenvalue weighted by Gasteiger charge is 2.14. The van der Waals surface area contributed by atoms with Crippen LogP contribution in [-0.2, 0) is 5.75 Å². The molecule has 4 aromatic heterocycles. The predicted molar refractivity (Wildman–Crippen MR) is 110 cm³/mol. The van der Waals surface area contributed by atoms with E-state index in [4.69, 9.17) is 4.42 Å². The third-order valence-electron chi connectivity index (χ3n) is 4.25. The van der Waals surface area contributed by atoms with Crippen LogP contribution >= 0.6 is 27.7 Å². The Hall–Kier alpha value is -2.91. The number of hydrogen-bond acceptors (Lipinski definition) is 6. The summed E-state index contributed by atoms with van der Waals surface area (Å²) in [4.78, 5) is 20.0. The van der Waals surface area contributed by atoms with E-state index in [0.29, 0.717) is 28.2 Å². The summed E-state index contributed by atoms with van der Waals surface area (Å²) >= 11 is 4.71. The molecular weight excluding hydrogens is 442 g/mol. The highest BCUT2D eigenvalue weighted by Crippen LogP contribution is 2.30. The number of benzene rings is 1. The lowest BCUT2D eigenvalue weighted by molar-refractivity contribution is 0.466. The third-order valence-corrected chi connectivity index (χ3v) is 5.57. The first kappa shape index (κ1) is 17.2. The van der Waals surface area contributed by atoms with Crippen LogP contribution in [0.1, 0.15) is 5.69 Å². The zero-order valence-corrected chi connectivity index (χ0v) is 16.7. The van der Waals surface area contributed by atoms with Gasteiger partial charge in [-0.15, -0.1) is 10.2 Å². The Morgan fingerprint density at radius 3 is 3.00 bits per heavy atom. The Labute approximate surface area is 171 Å². The number of fused-ring (bicyclic) bond motifs is 2. The van der Waals surface area contributed by atoms with Gasteiger partial charge in [0.15, 0.2) is 0 Å². The first-order chi connectivity index (χ1) is 13.7. The maximum absolute atomic E-state index is 12.3. The van der Waals surface area contributed by atoms with Crippen LogP contribution in [0.15, 0.2) is 73.8 Å². The molecule has 0 fully saturated rings. The quantitative estimate of drug-likeness (QED) is 0.408. The Bertz CT molecular complexity index is 1370. The number of thioether (sulfide) groups is 1. The molecule has 0 unspecified atom stereocenters. The molecule has 9 heteroatoms. The minimum atomic E-state index is -0.132. The van der Waals surface area contributed by atoms with Gasteiger partial charge in [-0.3, -0.25) is 9.20 Å². The first-order valence-corrected chi connectivity index (χ1v) is 10.2. The molecule has 1 aromatic carbocycles. The van der Waals surface area contributed by atoms with Gasteiger partial charge in [0.25, 0.3) is 16.7 Å². The lowest BCUT2D eigenvalue weighted by Gasteiger charge is -2.03. The molecule has 0 radical (unpaired) electrons. The van der Waals surface area contributed by atoms with Crippen molar-refractivity contribution in [3.05, 3.63) is 75.4 Å². The summed E-state index contributed by atoms with van der Waals surface area (Å²) in [6.07, 6.45) is 3.56. The zero-order valence-electron chi connectivity index (χ0n) is 14.3. The lowest BCUT2D eigenvalue weighted by atomic mass is 10.2. The average molecular weight is 454 g/mol. The number of halogens is 1. The molecule has 0 aliphatic carbocycles. The summed E-state index contributed by atoms with van der Waals surface area (Å²) in [7, 11) is 0. The SMILES string of the molecule is O=c1cc(CSc2nnc(-c3c[nH]c4ccccc34)o2)nc2ccc(Br)cn12. The van der Waals surface area contributed by atoms with E-state index in [1.165, 1.54) is 22.2 Å². The van der Waals surface area contributed by atoms with Crippen molar-refractivity contribution in [3.63, 3.8) is 0 Å².